The molecule has 2 rings (SSSR count). The number of anilines is 1. The molecule has 0 unspecified atom stereocenters. The Morgan fingerprint density at radius 2 is 1.95 bits per heavy atom. The highest BCUT2D eigenvalue weighted by molar-refractivity contribution is 7.89. The van der Waals surface area contributed by atoms with Crippen LogP contribution < -0.4 is 15.4 Å². The van der Waals surface area contributed by atoms with Gasteiger partial charge in [0.2, 0.25) is 15.9 Å². The molecule has 1 aromatic rings. The van der Waals surface area contributed by atoms with Crippen molar-refractivity contribution in [3.63, 3.8) is 0 Å². The van der Waals surface area contributed by atoms with Gasteiger partial charge in [-0.25, -0.2) is 13.1 Å². The van der Waals surface area contributed by atoms with Crippen LogP contribution in [0.25, 0.3) is 0 Å². The zero-order chi connectivity index (χ0) is 14.6. The fourth-order valence-electron chi connectivity index (χ4n) is 2.19. The van der Waals surface area contributed by atoms with Crippen LogP contribution in [-0.4, -0.2) is 34.5 Å². The van der Waals surface area contributed by atoms with E-state index in [-0.39, 0.29) is 29.1 Å². The van der Waals surface area contributed by atoms with E-state index in [1.54, 1.807) is 12.1 Å². The van der Waals surface area contributed by atoms with E-state index in [2.05, 4.69) is 15.4 Å². The number of benzene rings is 1. The predicted molar refractivity (Wildman–Crippen MR) is 84.2 cm³/mol. The molecule has 1 saturated heterocycles. The molecule has 0 aliphatic carbocycles. The number of piperidine rings is 1. The largest absolute Gasteiger partial charge is 0.326 e. The second kappa shape index (κ2) is 7.74. The number of amides is 1. The summed E-state index contributed by atoms with van der Waals surface area (Å²) in [6.45, 7) is 1.68. The number of hydrogen-bond donors (Lipinski definition) is 3. The molecular formula is C13H20ClN3O3S. The number of nitrogens with one attached hydrogen (secondary N) is 3. The highest BCUT2D eigenvalue weighted by Gasteiger charge is 2.21. The predicted octanol–water partition coefficient (Wildman–Crippen LogP) is 0.955. The minimum absolute atomic E-state index is 0. The Balaban J connectivity index is 0.00000220. The maximum atomic E-state index is 12.1. The molecule has 0 radical (unpaired) electrons. The van der Waals surface area contributed by atoms with Gasteiger partial charge in [0, 0.05) is 11.6 Å². The third-order valence-electron chi connectivity index (χ3n) is 3.39. The summed E-state index contributed by atoms with van der Waals surface area (Å²) in [5, 5.41) is 5.99. The summed E-state index contributed by atoms with van der Waals surface area (Å²) in [6.07, 6.45) is 1.61. The number of sulfonamides is 1. The summed E-state index contributed by atoms with van der Waals surface area (Å²) >= 11 is 0. The van der Waals surface area contributed by atoms with Crippen molar-refractivity contribution in [3.8, 4) is 0 Å². The second-order valence-corrected chi connectivity index (χ2v) is 6.64. The summed E-state index contributed by atoms with van der Waals surface area (Å²) < 4.78 is 25.7. The molecule has 6 nitrogen and oxygen atoms in total. The molecule has 0 bridgehead atoms. The standard InChI is InChI=1S/C13H19N3O3S.ClH/c1-14-20(18,19)12-4-2-3-11(9-12)16-13(17)10-5-7-15-8-6-10;/h2-4,9-10,14-15H,5-8H2,1H3,(H,16,17);1H. The van der Waals surface area contributed by atoms with Gasteiger partial charge in [-0.1, -0.05) is 6.07 Å². The third kappa shape index (κ3) is 4.67. The fourth-order valence-corrected chi connectivity index (χ4v) is 2.96. The van der Waals surface area contributed by atoms with E-state index in [0.29, 0.717) is 5.69 Å². The molecule has 1 aliphatic rings. The van der Waals surface area contributed by atoms with Crippen molar-refractivity contribution in [2.24, 2.45) is 5.92 Å². The van der Waals surface area contributed by atoms with Gasteiger partial charge in [0.15, 0.2) is 0 Å². The first kappa shape index (κ1) is 17.9. The minimum Gasteiger partial charge on any atom is -0.326 e. The molecule has 1 aromatic carbocycles. The highest BCUT2D eigenvalue weighted by atomic mass is 35.5. The summed E-state index contributed by atoms with van der Waals surface area (Å²) in [4.78, 5) is 12.2. The summed E-state index contributed by atoms with van der Waals surface area (Å²) in [7, 11) is -2.14. The Morgan fingerprint density at radius 3 is 2.57 bits per heavy atom. The lowest BCUT2D eigenvalue weighted by molar-refractivity contribution is -0.120. The van der Waals surface area contributed by atoms with Gasteiger partial charge in [-0.3, -0.25) is 4.79 Å². The van der Waals surface area contributed by atoms with Gasteiger partial charge in [0.1, 0.15) is 0 Å². The first-order valence-corrected chi connectivity index (χ1v) is 8.06. The van der Waals surface area contributed by atoms with Gasteiger partial charge < -0.3 is 10.6 Å². The Hall–Kier alpha value is -1.15. The minimum atomic E-state index is -3.49. The van der Waals surface area contributed by atoms with Crippen LogP contribution in [0.4, 0.5) is 5.69 Å². The van der Waals surface area contributed by atoms with Crippen molar-refractivity contribution in [3.05, 3.63) is 24.3 Å². The van der Waals surface area contributed by atoms with Crippen LogP contribution in [0.15, 0.2) is 29.2 Å². The number of hydrogen-bond acceptors (Lipinski definition) is 4. The molecule has 1 fully saturated rings. The molecule has 0 aromatic heterocycles. The van der Waals surface area contributed by atoms with E-state index in [1.807, 2.05) is 0 Å². The Morgan fingerprint density at radius 1 is 1.29 bits per heavy atom. The average Bonchev–Trinajstić information content (AvgIpc) is 2.48. The molecule has 21 heavy (non-hydrogen) atoms. The maximum absolute atomic E-state index is 12.1. The van der Waals surface area contributed by atoms with E-state index in [4.69, 9.17) is 0 Å². The topological polar surface area (TPSA) is 87.3 Å². The Labute approximate surface area is 131 Å². The quantitative estimate of drug-likeness (QED) is 0.765. The van der Waals surface area contributed by atoms with Gasteiger partial charge in [0.25, 0.3) is 0 Å². The van der Waals surface area contributed by atoms with Gasteiger partial charge >= 0.3 is 0 Å². The van der Waals surface area contributed by atoms with E-state index in [0.717, 1.165) is 25.9 Å². The molecule has 1 amide bonds. The summed E-state index contributed by atoms with van der Waals surface area (Å²) in [5.74, 6) is -0.0636. The van der Waals surface area contributed by atoms with Gasteiger partial charge in [-0.05, 0) is 51.2 Å². The molecule has 1 heterocycles. The number of carbonyl (C=O) groups is 1. The zero-order valence-corrected chi connectivity index (χ0v) is 13.4. The van der Waals surface area contributed by atoms with Crippen LogP contribution in [-0.2, 0) is 14.8 Å². The van der Waals surface area contributed by atoms with E-state index in [9.17, 15) is 13.2 Å². The van der Waals surface area contributed by atoms with E-state index >= 15 is 0 Å². The van der Waals surface area contributed by atoms with Crippen LogP contribution in [0, 0.1) is 5.92 Å². The van der Waals surface area contributed by atoms with E-state index in [1.165, 1.54) is 19.2 Å². The van der Waals surface area contributed by atoms with Crippen LogP contribution in [0.1, 0.15) is 12.8 Å². The number of halogens is 1. The molecule has 1 aliphatic heterocycles. The number of rotatable bonds is 4. The van der Waals surface area contributed by atoms with Crippen LogP contribution in [0.5, 0.6) is 0 Å². The van der Waals surface area contributed by atoms with Gasteiger partial charge in [0.05, 0.1) is 4.90 Å². The van der Waals surface area contributed by atoms with Crippen molar-refractivity contribution in [2.45, 2.75) is 17.7 Å². The van der Waals surface area contributed by atoms with Crippen LogP contribution >= 0.6 is 12.4 Å². The molecular weight excluding hydrogens is 314 g/mol. The monoisotopic (exact) mass is 333 g/mol. The smallest absolute Gasteiger partial charge is 0.240 e. The fraction of sp³-hybridized carbons (Fsp3) is 0.462. The van der Waals surface area contributed by atoms with Crippen LogP contribution in [0.2, 0.25) is 0 Å². The van der Waals surface area contributed by atoms with Gasteiger partial charge in [-0.15, -0.1) is 12.4 Å². The Bertz CT molecular complexity index is 586. The first-order chi connectivity index (χ1) is 9.53. The number of carbonyl (C=O) groups excluding carboxylic acids is 1. The summed E-state index contributed by atoms with van der Waals surface area (Å²) in [6, 6.07) is 6.26. The lowest BCUT2D eigenvalue weighted by atomic mass is 9.97. The molecule has 0 spiro atoms. The van der Waals surface area contributed by atoms with Crippen molar-refractivity contribution in [1.29, 1.82) is 0 Å². The van der Waals surface area contributed by atoms with Crippen molar-refractivity contribution < 1.29 is 13.2 Å². The molecule has 0 atom stereocenters. The maximum Gasteiger partial charge on any atom is 0.240 e. The third-order valence-corrected chi connectivity index (χ3v) is 4.80. The average molecular weight is 334 g/mol. The van der Waals surface area contributed by atoms with Crippen molar-refractivity contribution in [1.82, 2.24) is 10.0 Å². The Kier molecular flexibility index (Phi) is 6.60. The summed E-state index contributed by atoms with van der Waals surface area (Å²) in [5.41, 5.74) is 0.504. The normalized spacial score (nSPS) is 16.0. The van der Waals surface area contributed by atoms with Crippen molar-refractivity contribution >= 4 is 34.0 Å². The zero-order valence-electron chi connectivity index (χ0n) is 11.8. The first-order valence-electron chi connectivity index (χ1n) is 6.58. The van der Waals surface area contributed by atoms with Crippen molar-refractivity contribution in [2.75, 3.05) is 25.5 Å². The molecule has 118 valence electrons. The van der Waals surface area contributed by atoms with Crippen LogP contribution in [0.3, 0.4) is 0 Å². The lowest BCUT2D eigenvalue weighted by Gasteiger charge is -2.21. The SMILES string of the molecule is CNS(=O)(=O)c1cccc(NC(=O)C2CCNCC2)c1.Cl. The molecule has 8 heteroatoms. The lowest BCUT2D eigenvalue weighted by Crippen LogP contribution is -2.34. The molecule has 0 saturated carbocycles. The van der Waals surface area contributed by atoms with Gasteiger partial charge in [-0.2, -0.15) is 0 Å². The molecule has 3 N–H and O–H groups in total. The highest BCUT2D eigenvalue weighted by Crippen LogP contribution is 2.18. The second-order valence-electron chi connectivity index (χ2n) is 4.75. The van der Waals surface area contributed by atoms with E-state index < -0.39 is 10.0 Å².